The lowest BCUT2D eigenvalue weighted by Crippen LogP contribution is -2.46. The SMILES string of the molecule is c1ccc(Cn2ccnc2CN[C@@H]2CCCN(c3cccnn3)C2)cc1. The Hall–Kier alpha value is -2.73. The lowest BCUT2D eigenvalue weighted by atomic mass is 10.1. The average Bonchev–Trinajstić information content (AvgIpc) is 3.15. The number of nitrogens with zero attached hydrogens (tertiary/aromatic N) is 5. The van der Waals surface area contributed by atoms with Gasteiger partial charge in [0.25, 0.3) is 0 Å². The highest BCUT2D eigenvalue weighted by Crippen LogP contribution is 2.17. The predicted octanol–water partition coefficient (Wildman–Crippen LogP) is 2.48. The maximum atomic E-state index is 4.54. The van der Waals surface area contributed by atoms with Crippen molar-refractivity contribution in [3.63, 3.8) is 0 Å². The van der Waals surface area contributed by atoms with Crippen LogP contribution in [0.15, 0.2) is 61.1 Å². The molecule has 1 aliphatic heterocycles. The van der Waals surface area contributed by atoms with Crippen LogP contribution in [0.4, 0.5) is 5.82 Å². The van der Waals surface area contributed by atoms with E-state index in [9.17, 15) is 0 Å². The fraction of sp³-hybridized carbons (Fsp3) is 0.350. The second-order valence-electron chi connectivity index (χ2n) is 6.70. The van der Waals surface area contributed by atoms with Crippen LogP contribution in [0.5, 0.6) is 0 Å². The third kappa shape index (κ3) is 4.08. The van der Waals surface area contributed by atoms with Crippen LogP contribution < -0.4 is 10.2 Å². The molecule has 0 amide bonds. The van der Waals surface area contributed by atoms with E-state index in [1.54, 1.807) is 6.20 Å². The molecule has 0 aliphatic carbocycles. The van der Waals surface area contributed by atoms with Gasteiger partial charge >= 0.3 is 0 Å². The summed E-state index contributed by atoms with van der Waals surface area (Å²) in [6, 6.07) is 14.9. The molecular weight excluding hydrogens is 324 g/mol. The average molecular weight is 348 g/mol. The van der Waals surface area contributed by atoms with Crippen LogP contribution >= 0.6 is 0 Å². The maximum Gasteiger partial charge on any atom is 0.151 e. The van der Waals surface area contributed by atoms with Crippen molar-refractivity contribution in [1.29, 1.82) is 0 Å². The van der Waals surface area contributed by atoms with E-state index in [2.05, 4.69) is 60.4 Å². The van der Waals surface area contributed by atoms with E-state index in [4.69, 9.17) is 0 Å². The zero-order valence-electron chi connectivity index (χ0n) is 14.8. The van der Waals surface area contributed by atoms with E-state index in [-0.39, 0.29) is 0 Å². The van der Waals surface area contributed by atoms with Crippen molar-refractivity contribution in [2.24, 2.45) is 0 Å². The van der Waals surface area contributed by atoms with Crippen molar-refractivity contribution >= 4 is 5.82 Å². The number of hydrogen-bond donors (Lipinski definition) is 1. The van der Waals surface area contributed by atoms with Gasteiger partial charge in [-0.25, -0.2) is 4.98 Å². The molecule has 1 aliphatic rings. The molecule has 6 nitrogen and oxygen atoms in total. The van der Waals surface area contributed by atoms with Crippen molar-refractivity contribution < 1.29 is 0 Å². The van der Waals surface area contributed by atoms with Crippen molar-refractivity contribution in [3.05, 3.63) is 72.4 Å². The predicted molar refractivity (Wildman–Crippen MR) is 102 cm³/mol. The van der Waals surface area contributed by atoms with E-state index in [1.807, 2.05) is 24.4 Å². The van der Waals surface area contributed by atoms with Gasteiger partial charge in [-0.15, -0.1) is 5.10 Å². The Balaban J connectivity index is 1.35. The second kappa shape index (κ2) is 8.10. The van der Waals surface area contributed by atoms with E-state index < -0.39 is 0 Å². The maximum absolute atomic E-state index is 4.54. The van der Waals surface area contributed by atoms with Gasteiger partial charge in [-0.2, -0.15) is 5.10 Å². The second-order valence-corrected chi connectivity index (χ2v) is 6.70. The highest BCUT2D eigenvalue weighted by molar-refractivity contribution is 5.37. The van der Waals surface area contributed by atoms with Gasteiger partial charge in [0.2, 0.25) is 0 Å². The lowest BCUT2D eigenvalue weighted by molar-refractivity contribution is 0.412. The van der Waals surface area contributed by atoms with Gasteiger partial charge in [0, 0.05) is 44.3 Å². The Morgan fingerprint density at radius 1 is 1.08 bits per heavy atom. The zero-order valence-corrected chi connectivity index (χ0v) is 14.8. The molecule has 2 aromatic heterocycles. The number of nitrogens with one attached hydrogen (secondary N) is 1. The van der Waals surface area contributed by atoms with Crippen molar-refractivity contribution in [3.8, 4) is 0 Å². The number of benzene rings is 1. The molecule has 1 aromatic carbocycles. The Kier molecular flexibility index (Phi) is 5.21. The van der Waals surface area contributed by atoms with Gasteiger partial charge < -0.3 is 14.8 Å². The molecule has 0 unspecified atom stereocenters. The monoisotopic (exact) mass is 348 g/mol. The van der Waals surface area contributed by atoms with Crippen molar-refractivity contribution in [1.82, 2.24) is 25.1 Å². The number of aromatic nitrogens is 4. The van der Waals surface area contributed by atoms with Gasteiger partial charge in [0.15, 0.2) is 5.82 Å². The molecular formula is C20H24N6. The quantitative estimate of drug-likeness (QED) is 0.742. The smallest absolute Gasteiger partial charge is 0.151 e. The minimum atomic E-state index is 0.438. The van der Waals surface area contributed by atoms with Crippen LogP contribution in [0.1, 0.15) is 24.2 Å². The van der Waals surface area contributed by atoms with E-state index >= 15 is 0 Å². The Morgan fingerprint density at radius 3 is 2.85 bits per heavy atom. The summed E-state index contributed by atoms with van der Waals surface area (Å²) in [5.41, 5.74) is 1.29. The van der Waals surface area contributed by atoms with Crippen LogP contribution in [0.25, 0.3) is 0 Å². The van der Waals surface area contributed by atoms with Crippen LogP contribution in [0.2, 0.25) is 0 Å². The van der Waals surface area contributed by atoms with Crippen LogP contribution in [-0.2, 0) is 13.1 Å². The molecule has 0 saturated carbocycles. The van der Waals surface area contributed by atoms with E-state index in [0.717, 1.165) is 44.2 Å². The van der Waals surface area contributed by atoms with Crippen molar-refractivity contribution in [2.45, 2.75) is 32.0 Å². The van der Waals surface area contributed by atoms with Crippen LogP contribution in [0, 0.1) is 0 Å². The summed E-state index contributed by atoms with van der Waals surface area (Å²) in [4.78, 5) is 6.85. The Bertz CT molecular complexity index is 801. The van der Waals surface area contributed by atoms with Gasteiger partial charge in [-0.1, -0.05) is 30.3 Å². The molecule has 0 radical (unpaired) electrons. The normalized spacial score (nSPS) is 17.4. The summed E-state index contributed by atoms with van der Waals surface area (Å²) in [7, 11) is 0. The van der Waals surface area contributed by atoms with Crippen LogP contribution in [-0.4, -0.2) is 38.9 Å². The van der Waals surface area contributed by atoms with E-state index in [0.29, 0.717) is 6.04 Å². The van der Waals surface area contributed by atoms with Gasteiger partial charge in [0.05, 0.1) is 6.54 Å². The first-order valence-corrected chi connectivity index (χ1v) is 9.18. The highest BCUT2D eigenvalue weighted by atomic mass is 15.3. The first-order valence-electron chi connectivity index (χ1n) is 9.18. The molecule has 6 heteroatoms. The number of rotatable bonds is 6. The number of anilines is 1. The fourth-order valence-corrected chi connectivity index (χ4v) is 3.48. The summed E-state index contributed by atoms with van der Waals surface area (Å²) in [6.07, 6.45) is 7.99. The fourth-order valence-electron chi connectivity index (χ4n) is 3.48. The molecule has 4 rings (SSSR count). The summed E-state index contributed by atoms with van der Waals surface area (Å²) >= 11 is 0. The third-order valence-corrected chi connectivity index (χ3v) is 4.85. The molecule has 1 fully saturated rings. The number of hydrogen-bond acceptors (Lipinski definition) is 5. The molecule has 0 bridgehead atoms. The molecule has 0 spiro atoms. The molecule has 3 aromatic rings. The molecule has 1 N–H and O–H groups in total. The summed E-state index contributed by atoms with van der Waals surface area (Å²) in [5.74, 6) is 2.04. The minimum Gasteiger partial charge on any atom is -0.354 e. The topological polar surface area (TPSA) is 58.9 Å². The Morgan fingerprint density at radius 2 is 2.00 bits per heavy atom. The van der Waals surface area contributed by atoms with Crippen molar-refractivity contribution in [2.75, 3.05) is 18.0 Å². The lowest BCUT2D eigenvalue weighted by Gasteiger charge is -2.33. The third-order valence-electron chi connectivity index (χ3n) is 4.85. The molecule has 134 valence electrons. The molecule has 1 saturated heterocycles. The number of imidazole rings is 1. The summed E-state index contributed by atoms with van der Waals surface area (Å²) in [5, 5.41) is 11.9. The summed E-state index contributed by atoms with van der Waals surface area (Å²) < 4.78 is 2.21. The number of piperidine rings is 1. The largest absolute Gasteiger partial charge is 0.354 e. The van der Waals surface area contributed by atoms with Gasteiger partial charge in [-0.3, -0.25) is 0 Å². The Labute approximate surface area is 153 Å². The van der Waals surface area contributed by atoms with E-state index in [1.165, 1.54) is 12.0 Å². The van der Waals surface area contributed by atoms with Crippen LogP contribution in [0.3, 0.4) is 0 Å². The molecule has 26 heavy (non-hydrogen) atoms. The zero-order chi connectivity index (χ0) is 17.6. The molecule has 1 atom stereocenters. The highest BCUT2D eigenvalue weighted by Gasteiger charge is 2.21. The standard InChI is InChI=1S/C20H24N6/c1-2-6-17(7-3-1)15-26-13-11-21-20(26)14-22-18-8-5-12-25(16-18)19-9-4-10-23-24-19/h1-4,6-7,9-11,13,18,22H,5,8,12,14-16H2/t18-/m1/s1. The first kappa shape index (κ1) is 16.7. The van der Waals surface area contributed by atoms with Gasteiger partial charge in [-0.05, 0) is 30.5 Å². The van der Waals surface area contributed by atoms with Gasteiger partial charge in [0.1, 0.15) is 5.82 Å². The summed E-state index contributed by atoms with van der Waals surface area (Å²) in [6.45, 7) is 3.63. The molecule has 3 heterocycles. The minimum absolute atomic E-state index is 0.438. The first-order chi connectivity index (χ1) is 12.9.